The van der Waals surface area contributed by atoms with Crippen molar-refractivity contribution in [3.05, 3.63) is 29.8 Å². The Labute approximate surface area is 166 Å². The van der Waals surface area contributed by atoms with E-state index in [0.717, 1.165) is 45.1 Å². The summed E-state index contributed by atoms with van der Waals surface area (Å²) in [6, 6.07) is 8.86. The monoisotopic (exact) mass is 380 g/mol. The third-order valence-electron chi connectivity index (χ3n) is 7.17. The predicted octanol–water partition coefficient (Wildman–Crippen LogP) is 3.64. The number of rotatable bonds is 2. The predicted molar refractivity (Wildman–Crippen MR) is 107 cm³/mol. The molecule has 4 rings (SSSR count). The minimum absolute atomic E-state index is 0.0226. The van der Waals surface area contributed by atoms with E-state index in [1.807, 2.05) is 0 Å². The first-order valence-corrected chi connectivity index (χ1v) is 10.4. The molecule has 0 bridgehead atoms. The average Bonchev–Trinajstić information content (AvgIpc) is 3.06. The standard InChI is InChI=1S/C22H28N4O2/c1-15-18-4-2-5-20(27)26-13-3-11-22(18,26)12-10-19(15)25-21(28)24-17-8-6-16(14-23)7-9-17/h6-9,15,18-19H,2-5,10-13H2,1H3,(H2,24,25,28)/t15-,18+,19+,22-/m1/s1. The molecule has 1 aromatic rings. The van der Waals surface area contributed by atoms with Crippen LogP contribution < -0.4 is 10.6 Å². The molecule has 6 heteroatoms. The maximum Gasteiger partial charge on any atom is 0.319 e. The fourth-order valence-corrected chi connectivity index (χ4v) is 5.85. The van der Waals surface area contributed by atoms with Crippen LogP contribution in [0.5, 0.6) is 0 Å². The number of carbonyl (C=O) groups is 2. The van der Waals surface area contributed by atoms with Crippen molar-refractivity contribution in [1.29, 1.82) is 5.26 Å². The summed E-state index contributed by atoms with van der Waals surface area (Å²) in [6.45, 7) is 3.14. The van der Waals surface area contributed by atoms with Gasteiger partial charge >= 0.3 is 6.03 Å². The SMILES string of the molecule is C[C@H]1[C@@H](NC(=O)Nc2ccc(C#N)cc2)CC[C@@]23CCCN2C(=O)CCC[C@@H]13. The molecule has 2 N–H and O–H groups in total. The van der Waals surface area contributed by atoms with Crippen molar-refractivity contribution in [3.63, 3.8) is 0 Å². The molecule has 1 saturated carbocycles. The lowest BCUT2D eigenvalue weighted by Gasteiger charge is -2.52. The van der Waals surface area contributed by atoms with Crippen molar-refractivity contribution in [3.8, 4) is 6.07 Å². The summed E-state index contributed by atoms with van der Waals surface area (Å²) in [6.07, 6.45) is 6.79. The molecule has 0 aromatic heterocycles. The van der Waals surface area contributed by atoms with Crippen molar-refractivity contribution >= 4 is 17.6 Å². The van der Waals surface area contributed by atoms with Crippen molar-refractivity contribution < 1.29 is 9.59 Å². The molecule has 28 heavy (non-hydrogen) atoms. The van der Waals surface area contributed by atoms with Crippen LogP contribution in [-0.2, 0) is 4.79 Å². The Bertz CT molecular complexity index is 800. The highest BCUT2D eigenvalue weighted by Crippen LogP contribution is 2.51. The minimum atomic E-state index is -0.203. The highest BCUT2D eigenvalue weighted by molar-refractivity contribution is 5.89. The van der Waals surface area contributed by atoms with Gasteiger partial charge in [0.2, 0.25) is 5.91 Å². The summed E-state index contributed by atoms with van der Waals surface area (Å²) in [5.41, 5.74) is 1.27. The second-order valence-corrected chi connectivity index (χ2v) is 8.54. The van der Waals surface area contributed by atoms with Crippen LogP contribution in [0.3, 0.4) is 0 Å². The number of hydrogen-bond acceptors (Lipinski definition) is 3. The van der Waals surface area contributed by atoms with Crippen molar-refractivity contribution in [2.24, 2.45) is 11.8 Å². The molecule has 2 saturated heterocycles. The molecule has 2 heterocycles. The smallest absolute Gasteiger partial charge is 0.319 e. The van der Waals surface area contributed by atoms with Crippen molar-refractivity contribution in [2.45, 2.75) is 63.5 Å². The van der Waals surface area contributed by atoms with Crippen molar-refractivity contribution in [1.82, 2.24) is 10.2 Å². The number of anilines is 1. The van der Waals surface area contributed by atoms with E-state index in [-0.39, 0.29) is 17.6 Å². The van der Waals surface area contributed by atoms with E-state index < -0.39 is 0 Å². The highest BCUT2D eigenvalue weighted by atomic mass is 16.2. The number of urea groups is 1. The topological polar surface area (TPSA) is 85.2 Å². The molecule has 1 aromatic carbocycles. The van der Waals surface area contributed by atoms with Gasteiger partial charge in [0, 0.05) is 30.2 Å². The lowest BCUT2D eigenvalue weighted by Crippen LogP contribution is -2.60. The summed E-state index contributed by atoms with van der Waals surface area (Å²) in [5.74, 6) is 1.12. The van der Waals surface area contributed by atoms with Crippen LogP contribution in [0.1, 0.15) is 57.4 Å². The molecule has 3 aliphatic rings. The van der Waals surface area contributed by atoms with Gasteiger partial charge in [0.25, 0.3) is 0 Å². The van der Waals surface area contributed by atoms with Gasteiger partial charge in [-0.25, -0.2) is 4.79 Å². The summed E-state index contributed by atoms with van der Waals surface area (Å²) in [5, 5.41) is 14.9. The number of hydrogen-bond donors (Lipinski definition) is 2. The molecular weight excluding hydrogens is 352 g/mol. The molecule has 3 amide bonds. The molecule has 0 radical (unpaired) electrons. The second kappa shape index (κ2) is 7.46. The Morgan fingerprint density at radius 1 is 1.21 bits per heavy atom. The summed E-state index contributed by atoms with van der Waals surface area (Å²) in [7, 11) is 0. The minimum Gasteiger partial charge on any atom is -0.337 e. The van der Waals surface area contributed by atoms with E-state index in [4.69, 9.17) is 5.26 Å². The fraction of sp³-hybridized carbons (Fsp3) is 0.591. The number of benzene rings is 1. The molecule has 3 fully saturated rings. The zero-order valence-corrected chi connectivity index (χ0v) is 16.4. The molecule has 148 valence electrons. The van der Waals surface area contributed by atoms with E-state index in [0.29, 0.717) is 35.4 Å². The Morgan fingerprint density at radius 2 is 2.00 bits per heavy atom. The van der Waals surface area contributed by atoms with E-state index in [9.17, 15) is 9.59 Å². The fourth-order valence-electron chi connectivity index (χ4n) is 5.85. The highest BCUT2D eigenvalue weighted by Gasteiger charge is 2.55. The first kappa shape index (κ1) is 18.8. The van der Waals surface area contributed by atoms with Crippen LogP contribution >= 0.6 is 0 Å². The molecule has 2 aliphatic heterocycles. The van der Waals surface area contributed by atoms with Gasteiger partial charge in [-0.05, 0) is 74.6 Å². The third-order valence-corrected chi connectivity index (χ3v) is 7.17. The molecule has 0 unspecified atom stereocenters. The lowest BCUT2D eigenvalue weighted by atomic mass is 9.63. The van der Waals surface area contributed by atoms with Crippen LogP contribution in [0.4, 0.5) is 10.5 Å². The van der Waals surface area contributed by atoms with E-state index in [1.165, 1.54) is 0 Å². The average molecular weight is 380 g/mol. The van der Waals surface area contributed by atoms with E-state index in [1.54, 1.807) is 24.3 Å². The molecule has 1 aliphatic carbocycles. The lowest BCUT2D eigenvalue weighted by molar-refractivity contribution is -0.138. The van der Waals surface area contributed by atoms with Gasteiger partial charge in [-0.1, -0.05) is 6.92 Å². The van der Waals surface area contributed by atoms with E-state index >= 15 is 0 Å². The largest absolute Gasteiger partial charge is 0.337 e. The number of nitrogens with one attached hydrogen (secondary N) is 2. The van der Waals surface area contributed by atoms with Gasteiger partial charge in [-0.2, -0.15) is 5.26 Å². The molecular formula is C22H28N4O2. The number of nitrogens with zero attached hydrogens (tertiary/aromatic N) is 2. The Kier molecular flexibility index (Phi) is 5.01. The van der Waals surface area contributed by atoms with Crippen molar-refractivity contribution in [2.75, 3.05) is 11.9 Å². The summed E-state index contributed by atoms with van der Waals surface area (Å²) >= 11 is 0. The quantitative estimate of drug-likeness (QED) is 0.821. The van der Waals surface area contributed by atoms with Crippen LogP contribution in [0.15, 0.2) is 24.3 Å². The maximum atomic E-state index is 12.6. The van der Waals surface area contributed by atoms with Crippen LogP contribution in [0, 0.1) is 23.2 Å². The Balaban J connectivity index is 1.43. The first-order chi connectivity index (χ1) is 13.5. The number of amides is 3. The molecule has 6 nitrogen and oxygen atoms in total. The van der Waals surface area contributed by atoms with Gasteiger partial charge < -0.3 is 15.5 Å². The van der Waals surface area contributed by atoms with Crippen LogP contribution in [0.25, 0.3) is 0 Å². The zero-order valence-electron chi connectivity index (χ0n) is 16.4. The Hall–Kier alpha value is -2.55. The van der Waals surface area contributed by atoms with Gasteiger partial charge in [0.1, 0.15) is 0 Å². The molecule has 4 atom stereocenters. The molecule has 1 spiro atoms. The van der Waals surface area contributed by atoms with Gasteiger partial charge in [0.05, 0.1) is 11.6 Å². The van der Waals surface area contributed by atoms with Crippen LogP contribution in [-0.4, -0.2) is 35.0 Å². The zero-order chi connectivity index (χ0) is 19.7. The van der Waals surface area contributed by atoms with Gasteiger partial charge in [-0.15, -0.1) is 0 Å². The first-order valence-electron chi connectivity index (χ1n) is 10.4. The van der Waals surface area contributed by atoms with Crippen LogP contribution in [0.2, 0.25) is 0 Å². The maximum absolute atomic E-state index is 12.6. The second-order valence-electron chi connectivity index (χ2n) is 8.54. The Morgan fingerprint density at radius 3 is 2.75 bits per heavy atom. The van der Waals surface area contributed by atoms with E-state index in [2.05, 4.69) is 28.5 Å². The third kappa shape index (κ3) is 3.23. The number of nitriles is 1. The normalized spacial score (nSPS) is 31.9. The van der Waals surface area contributed by atoms with Gasteiger partial charge in [-0.3, -0.25) is 4.79 Å². The summed E-state index contributed by atoms with van der Waals surface area (Å²) in [4.78, 5) is 27.3. The number of carbonyl (C=O) groups excluding carboxylic acids is 2. The summed E-state index contributed by atoms with van der Waals surface area (Å²) < 4.78 is 0. The van der Waals surface area contributed by atoms with Gasteiger partial charge in [0.15, 0.2) is 0 Å².